The number of fused-ring (bicyclic) bond motifs is 1. The van der Waals surface area contributed by atoms with Crippen LogP contribution in [0.15, 0.2) is 103 Å². The molecule has 5 rings (SSSR count). The highest BCUT2D eigenvalue weighted by atomic mass is 35.5. The average molecular weight is 527 g/mol. The second kappa shape index (κ2) is 11.9. The van der Waals surface area contributed by atoms with E-state index in [2.05, 4.69) is 35.2 Å². The van der Waals surface area contributed by atoms with E-state index in [1.165, 1.54) is 17.2 Å². The molecule has 38 heavy (non-hydrogen) atoms. The van der Waals surface area contributed by atoms with E-state index in [0.29, 0.717) is 23.6 Å². The van der Waals surface area contributed by atoms with E-state index in [4.69, 9.17) is 11.6 Å². The second-order valence-electron chi connectivity index (χ2n) is 9.87. The molecular weight excluding hydrogens is 495 g/mol. The average Bonchev–Trinajstić information content (AvgIpc) is 2.96. The molecule has 1 aliphatic rings. The minimum Gasteiger partial charge on any atom is -0.337 e. The van der Waals surface area contributed by atoms with E-state index < -0.39 is 6.04 Å². The summed E-state index contributed by atoms with van der Waals surface area (Å²) in [5, 5.41) is 0.686. The van der Waals surface area contributed by atoms with Crippen LogP contribution < -0.4 is 0 Å². The Bertz CT molecular complexity index is 1390. The van der Waals surface area contributed by atoms with Gasteiger partial charge in [-0.05, 0) is 54.2 Å². The zero-order chi connectivity index (χ0) is 26.5. The van der Waals surface area contributed by atoms with Gasteiger partial charge in [0, 0.05) is 30.2 Å². The molecule has 1 amide bonds. The minimum absolute atomic E-state index is 0.0133. The van der Waals surface area contributed by atoms with E-state index in [0.717, 1.165) is 24.1 Å². The van der Waals surface area contributed by atoms with Gasteiger partial charge in [0.1, 0.15) is 5.82 Å². The third-order valence-electron chi connectivity index (χ3n) is 7.52. The Kier molecular flexibility index (Phi) is 8.21. The zero-order valence-corrected chi connectivity index (χ0v) is 22.3. The Morgan fingerprint density at radius 3 is 2.34 bits per heavy atom. The fourth-order valence-corrected chi connectivity index (χ4v) is 5.70. The van der Waals surface area contributed by atoms with Gasteiger partial charge in [-0.25, -0.2) is 4.39 Å². The first-order valence-corrected chi connectivity index (χ1v) is 13.5. The van der Waals surface area contributed by atoms with Gasteiger partial charge in [-0.2, -0.15) is 0 Å². The number of carbonyl (C=O) groups is 1. The summed E-state index contributed by atoms with van der Waals surface area (Å²) in [6.45, 7) is 3.43. The molecule has 0 spiro atoms. The van der Waals surface area contributed by atoms with Crippen molar-refractivity contribution in [2.45, 2.75) is 38.4 Å². The first-order chi connectivity index (χ1) is 18.5. The summed E-state index contributed by atoms with van der Waals surface area (Å²) in [7, 11) is 0. The maximum atomic E-state index is 14.7. The molecule has 194 valence electrons. The van der Waals surface area contributed by atoms with Crippen molar-refractivity contribution in [2.24, 2.45) is 0 Å². The molecule has 2 atom stereocenters. The van der Waals surface area contributed by atoms with Crippen LogP contribution in [0.1, 0.15) is 40.8 Å². The number of carbonyl (C=O) groups excluding carboxylic acids is 1. The van der Waals surface area contributed by atoms with Crippen molar-refractivity contribution < 1.29 is 9.18 Å². The SMILES string of the molecule is C[C@@H](C(=O)N(CCc1ccccc1)Cc1ccccc1F)N1CCc2ccccc2[C@@H]1c1ccccc1Cl. The first kappa shape index (κ1) is 26.1. The van der Waals surface area contributed by atoms with Crippen LogP contribution in [-0.4, -0.2) is 34.8 Å². The molecule has 0 saturated carbocycles. The van der Waals surface area contributed by atoms with Crippen LogP contribution >= 0.6 is 11.6 Å². The third-order valence-corrected chi connectivity index (χ3v) is 7.86. The van der Waals surface area contributed by atoms with E-state index in [-0.39, 0.29) is 24.3 Å². The Balaban J connectivity index is 1.46. The van der Waals surface area contributed by atoms with Crippen molar-refractivity contribution >= 4 is 17.5 Å². The number of hydrogen-bond donors (Lipinski definition) is 0. The van der Waals surface area contributed by atoms with Crippen molar-refractivity contribution in [2.75, 3.05) is 13.1 Å². The molecule has 0 bridgehead atoms. The Labute approximate surface area is 229 Å². The summed E-state index contributed by atoms with van der Waals surface area (Å²) in [5.41, 5.74) is 5.11. The molecule has 0 aromatic heterocycles. The molecule has 0 N–H and O–H groups in total. The lowest BCUT2D eigenvalue weighted by atomic mass is 9.87. The van der Waals surface area contributed by atoms with Crippen LogP contribution in [-0.2, 0) is 24.2 Å². The summed E-state index contributed by atoms with van der Waals surface area (Å²) in [6.07, 6.45) is 1.55. The molecule has 0 unspecified atom stereocenters. The van der Waals surface area contributed by atoms with Crippen LogP contribution in [0.25, 0.3) is 0 Å². The van der Waals surface area contributed by atoms with Crippen LogP contribution in [0.4, 0.5) is 4.39 Å². The highest BCUT2D eigenvalue weighted by Gasteiger charge is 2.36. The lowest BCUT2D eigenvalue weighted by Gasteiger charge is -2.42. The third kappa shape index (κ3) is 5.67. The van der Waals surface area contributed by atoms with E-state index in [9.17, 15) is 9.18 Å². The van der Waals surface area contributed by atoms with Gasteiger partial charge in [-0.1, -0.05) is 103 Å². The number of hydrogen-bond acceptors (Lipinski definition) is 2. The second-order valence-corrected chi connectivity index (χ2v) is 10.3. The molecule has 4 aromatic rings. The van der Waals surface area contributed by atoms with Crippen molar-refractivity contribution in [1.82, 2.24) is 9.80 Å². The molecule has 4 aromatic carbocycles. The predicted octanol–water partition coefficient (Wildman–Crippen LogP) is 7.09. The highest BCUT2D eigenvalue weighted by molar-refractivity contribution is 6.31. The smallest absolute Gasteiger partial charge is 0.239 e. The topological polar surface area (TPSA) is 23.6 Å². The van der Waals surface area contributed by atoms with Crippen LogP contribution in [0.3, 0.4) is 0 Å². The van der Waals surface area contributed by atoms with Crippen molar-refractivity contribution in [3.8, 4) is 0 Å². The Hall–Kier alpha value is -3.47. The molecule has 0 fully saturated rings. The van der Waals surface area contributed by atoms with Gasteiger partial charge in [0.2, 0.25) is 5.91 Å². The normalized spacial score (nSPS) is 16.0. The summed E-state index contributed by atoms with van der Waals surface area (Å²) >= 11 is 6.71. The van der Waals surface area contributed by atoms with Gasteiger partial charge >= 0.3 is 0 Å². The number of amides is 1. The Morgan fingerprint density at radius 2 is 1.58 bits per heavy atom. The molecule has 0 radical (unpaired) electrons. The summed E-state index contributed by atoms with van der Waals surface area (Å²) in [4.78, 5) is 18.2. The van der Waals surface area contributed by atoms with Gasteiger partial charge in [0.15, 0.2) is 0 Å². The number of benzene rings is 4. The predicted molar refractivity (Wildman–Crippen MR) is 152 cm³/mol. The zero-order valence-electron chi connectivity index (χ0n) is 21.6. The molecule has 3 nitrogen and oxygen atoms in total. The molecule has 1 aliphatic heterocycles. The van der Waals surface area contributed by atoms with Crippen LogP contribution in [0.5, 0.6) is 0 Å². The van der Waals surface area contributed by atoms with Crippen LogP contribution in [0.2, 0.25) is 5.02 Å². The largest absolute Gasteiger partial charge is 0.337 e. The van der Waals surface area contributed by atoms with E-state index >= 15 is 0 Å². The maximum Gasteiger partial charge on any atom is 0.239 e. The summed E-state index contributed by atoms with van der Waals surface area (Å²) in [6, 6.07) is 32.5. The van der Waals surface area contributed by atoms with Gasteiger partial charge in [0.05, 0.1) is 12.1 Å². The number of rotatable bonds is 8. The molecule has 5 heteroatoms. The van der Waals surface area contributed by atoms with Gasteiger partial charge < -0.3 is 4.90 Å². The lowest BCUT2D eigenvalue weighted by molar-refractivity contribution is -0.138. The number of halogens is 2. The van der Waals surface area contributed by atoms with Crippen molar-refractivity contribution in [3.05, 3.63) is 142 Å². The van der Waals surface area contributed by atoms with Gasteiger partial charge in [-0.3, -0.25) is 9.69 Å². The minimum atomic E-state index is -0.424. The first-order valence-electron chi connectivity index (χ1n) is 13.2. The van der Waals surface area contributed by atoms with E-state index in [1.54, 1.807) is 17.0 Å². The van der Waals surface area contributed by atoms with Crippen LogP contribution in [0, 0.1) is 5.82 Å². The molecule has 1 heterocycles. The fourth-order valence-electron chi connectivity index (χ4n) is 5.46. The van der Waals surface area contributed by atoms with Gasteiger partial charge in [0.25, 0.3) is 0 Å². The maximum absolute atomic E-state index is 14.7. The van der Waals surface area contributed by atoms with Crippen molar-refractivity contribution in [3.63, 3.8) is 0 Å². The molecular formula is C33H32ClFN2O. The monoisotopic (exact) mass is 526 g/mol. The fraction of sp³-hybridized carbons (Fsp3) is 0.242. The lowest BCUT2D eigenvalue weighted by Crippen LogP contribution is -2.51. The van der Waals surface area contributed by atoms with E-state index in [1.807, 2.05) is 61.5 Å². The highest BCUT2D eigenvalue weighted by Crippen LogP contribution is 2.39. The number of nitrogens with zero attached hydrogens (tertiary/aromatic N) is 2. The quantitative estimate of drug-likeness (QED) is 0.245. The summed E-state index contributed by atoms with van der Waals surface area (Å²) < 4.78 is 14.7. The van der Waals surface area contributed by atoms with Gasteiger partial charge in [-0.15, -0.1) is 0 Å². The standard InChI is InChI=1S/C33H32ClFN2O/c1-24(37-22-20-26-13-5-7-15-28(26)32(37)29-16-8-9-17-30(29)34)33(38)36(21-19-25-11-3-2-4-12-25)23-27-14-6-10-18-31(27)35/h2-18,24,32H,19-23H2,1H3/t24-,32+/m0/s1. The summed E-state index contributed by atoms with van der Waals surface area (Å²) in [5.74, 6) is -0.306. The Morgan fingerprint density at radius 1 is 0.921 bits per heavy atom. The van der Waals surface area contributed by atoms with Crippen molar-refractivity contribution in [1.29, 1.82) is 0 Å². The molecule has 0 aliphatic carbocycles. The molecule has 0 saturated heterocycles.